The second kappa shape index (κ2) is 5.61. The number of ether oxygens (including phenoxy) is 2. The first-order chi connectivity index (χ1) is 8.69. The molecule has 0 radical (unpaired) electrons. The van der Waals surface area contributed by atoms with Gasteiger partial charge in [0.2, 0.25) is 0 Å². The van der Waals surface area contributed by atoms with Crippen molar-refractivity contribution in [1.82, 2.24) is 5.32 Å². The number of methoxy groups -OCH3 is 2. The van der Waals surface area contributed by atoms with E-state index < -0.39 is 0 Å². The van der Waals surface area contributed by atoms with Crippen molar-refractivity contribution in [1.29, 1.82) is 0 Å². The van der Waals surface area contributed by atoms with E-state index in [9.17, 15) is 0 Å². The smallest absolute Gasteiger partial charge is 0.161 e. The maximum Gasteiger partial charge on any atom is 0.161 e. The van der Waals surface area contributed by atoms with E-state index in [0.29, 0.717) is 5.92 Å². The van der Waals surface area contributed by atoms with Gasteiger partial charge in [-0.15, -0.1) is 0 Å². The van der Waals surface area contributed by atoms with Crippen molar-refractivity contribution in [3.8, 4) is 11.5 Å². The number of rotatable bonds is 4. The lowest BCUT2D eigenvalue weighted by atomic mass is 9.77. The van der Waals surface area contributed by atoms with Gasteiger partial charge in [0.25, 0.3) is 0 Å². The molecule has 2 unspecified atom stereocenters. The fourth-order valence-corrected chi connectivity index (χ4v) is 3.00. The average Bonchev–Trinajstić information content (AvgIpc) is 2.37. The molecule has 1 aromatic carbocycles. The first-order valence-corrected chi connectivity index (χ1v) is 6.59. The van der Waals surface area contributed by atoms with Crippen molar-refractivity contribution >= 4 is 0 Å². The van der Waals surface area contributed by atoms with Gasteiger partial charge in [0, 0.05) is 6.54 Å². The Morgan fingerprint density at radius 2 is 1.89 bits per heavy atom. The molecule has 1 N–H and O–H groups in total. The minimum atomic E-state index is 0.577. The summed E-state index contributed by atoms with van der Waals surface area (Å²) in [6.07, 6.45) is 2.37. The summed E-state index contributed by atoms with van der Waals surface area (Å²) in [5.41, 5.74) is 2.83. The van der Waals surface area contributed by atoms with E-state index in [1.807, 2.05) is 7.05 Å². The minimum absolute atomic E-state index is 0.577. The third kappa shape index (κ3) is 2.46. The van der Waals surface area contributed by atoms with Crippen LogP contribution in [-0.2, 0) is 6.42 Å². The summed E-state index contributed by atoms with van der Waals surface area (Å²) in [6.45, 7) is 3.34. The number of hydrogen-bond donors (Lipinski definition) is 1. The Bertz CT molecular complexity index is 417. The summed E-state index contributed by atoms with van der Waals surface area (Å²) < 4.78 is 10.8. The molecule has 3 heteroatoms. The molecule has 0 fully saturated rings. The number of likely N-dealkylation sites (N-methyl/N-ethyl adjacent to an activating group) is 1. The van der Waals surface area contributed by atoms with Gasteiger partial charge in [0.1, 0.15) is 0 Å². The van der Waals surface area contributed by atoms with Crippen LogP contribution in [0.4, 0.5) is 0 Å². The lowest BCUT2D eigenvalue weighted by Gasteiger charge is -2.30. The van der Waals surface area contributed by atoms with E-state index in [2.05, 4.69) is 24.4 Å². The van der Waals surface area contributed by atoms with E-state index in [0.717, 1.165) is 30.4 Å². The predicted octanol–water partition coefficient (Wildman–Crippen LogP) is 2.59. The van der Waals surface area contributed by atoms with E-state index >= 15 is 0 Å². The van der Waals surface area contributed by atoms with Gasteiger partial charge in [-0.3, -0.25) is 0 Å². The third-order valence-corrected chi connectivity index (χ3v) is 3.79. The lowest BCUT2D eigenvalue weighted by Crippen LogP contribution is -2.25. The number of fused-ring (bicyclic) bond motifs is 1. The second-order valence-corrected chi connectivity index (χ2v) is 5.21. The topological polar surface area (TPSA) is 30.5 Å². The van der Waals surface area contributed by atoms with Gasteiger partial charge >= 0.3 is 0 Å². The molecule has 0 heterocycles. The summed E-state index contributed by atoms with van der Waals surface area (Å²) in [4.78, 5) is 0. The van der Waals surface area contributed by atoms with Crippen LogP contribution in [0, 0.1) is 5.92 Å². The van der Waals surface area contributed by atoms with E-state index in [1.165, 1.54) is 17.5 Å². The van der Waals surface area contributed by atoms with Crippen LogP contribution in [0.15, 0.2) is 12.1 Å². The summed E-state index contributed by atoms with van der Waals surface area (Å²) in [5, 5.41) is 3.29. The highest BCUT2D eigenvalue weighted by atomic mass is 16.5. The Kier molecular flexibility index (Phi) is 4.12. The molecule has 1 aliphatic carbocycles. The molecule has 0 aliphatic heterocycles. The van der Waals surface area contributed by atoms with Gasteiger partial charge in [-0.2, -0.15) is 0 Å². The fourth-order valence-electron chi connectivity index (χ4n) is 3.00. The van der Waals surface area contributed by atoms with Crippen LogP contribution in [-0.4, -0.2) is 27.8 Å². The van der Waals surface area contributed by atoms with Crippen molar-refractivity contribution < 1.29 is 9.47 Å². The van der Waals surface area contributed by atoms with Crippen LogP contribution in [0.2, 0.25) is 0 Å². The van der Waals surface area contributed by atoms with E-state index in [-0.39, 0.29) is 0 Å². The van der Waals surface area contributed by atoms with E-state index in [4.69, 9.17) is 9.47 Å². The SMILES string of the molecule is CNCC1CC(C)Cc2cc(OC)c(OC)cc21. The maximum absolute atomic E-state index is 5.41. The minimum Gasteiger partial charge on any atom is -0.493 e. The van der Waals surface area contributed by atoms with Crippen LogP contribution >= 0.6 is 0 Å². The fraction of sp³-hybridized carbons (Fsp3) is 0.600. The molecule has 3 nitrogen and oxygen atoms in total. The normalized spacial score (nSPS) is 22.4. The molecule has 2 rings (SSSR count). The molecule has 0 bridgehead atoms. The average molecular weight is 249 g/mol. The molecule has 0 spiro atoms. The molecule has 0 saturated carbocycles. The molecule has 0 aromatic heterocycles. The van der Waals surface area contributed by atoms with Crippen molar-refractivity contribution in [2.24, 2.45) is 5.92 Å². The van der Waals surface area contributed by atoms with Crippen LogP contribution in [0.25, 0.3) is 0 Å². The predicted molar refractivity (Wildman–Crippen MR) is 73.7 cm³/mol. The van der Waals surface area contributed by atoms with Crippen LogP contribution < -0.4 is 14.8 Å². The molecule has 1 aromatic rings. The Balaban J connectivity index is 2.42. The van der Waals surface area contributed by atoms with Gasteiger partial charge in [0.05, 0.1) is 14.2 Å². The maximum atomic E-state index is 5.41. The molecule has 100 valence electrons. The lowest BCUT2D eigenvalue weighted by molar-refractivity contribution is 0.349. The highest BCUT2D eigenvalue weighted by molar-refractivity contribution is 5.49. The molecule has 1 aliphatic rings. The van der Waals surface area contributed by atoms with Crippen molar-refractivity contribution in [3.63, 3.8) is 0 Å². The van der Waals surface area contributed by atoms with Crippen molar-refractivity contribution in [2.75, 3.05) is 27.8 Å². The zero-order chi connectivity index (χ0) is 13.1. The Morgan fingerprint density at radius 1 is 1.22 bits per heavy atom. The van der Waals surface area contributed by atoms with Crippen LogP contribution in [0.5, 0.6) is 11.5 Å². The van der Waals surface area contributed by atoms with E-state index in [1.54, 1.807) is 14.2 Å². The Morgan fingerprint density at radius 3 is 2.50 bits per heavy atom. The Hall–Kier alpha value is -1.22. The summed E-state index contributed by atoms with van der Waals surface area (Å²) in [7, 11) is 5.41. The summed E-state index contributed by atoms with van der Waals surface area (Å²) in [6, 6.07) is 4.30. The first-order valence-electron chi connectivity index (χ1n) is 6.59. The summed E-state index contributed by atoms with van der Waals surface area (Å²) >= 11 is 0. The monoisotopic (exact) mass is 249 g/mol. The van der Waals surface area contributed by atoms with Crippen molar-refractivity contribution in [2.45, 2.75) is 25.7 Å². The molecule has 0 saturated heterocycles. The Labute approximate surface area is 109 Å². The largest absolute Gasteiger partial charge is 0.493 e. The van der Waals surface area contributed by atoms with Gasteiger partial charge in [-0.25, -0.2) is 0 Å². The molecular formula is C15H23NO2. The highest BCUT2D eigenvalue weighted by Crippen LogP contribution is 2.40. The molecule has 0 amide bonds. The van der Waals surface area contributed by atoms with Gasteiger partial charge < -0.3 is 14.8 Å². The second-order valence-electron chi connectivity index (χ2n) is 5.21. The third-order valence-electron chi connectivity index (χ3n) is 3.79. The van der Waals surface area contributed by atoms with Gasteiger partial charge in [-0.1, -0.05) is 6.92 Å². The number of hydrogen-bond acceptors (Lipinski definition) is 3. The van der Waals surface area contributed by atoms with Crippen LogP contribution in [0.1, 0.15) is 30.4 Å². The van der Waals surface area contributed by atoms with Crippen LogP contribution in [0.3, 0.4) is 0 Å². The zero-order valence-electron chi connectivity index (χ0n) is 11.7. The standard InChI is InChI=1S/C15H23NO2/c1-10-5-11-7-14(17-3)15(18-4)8-13(11)12(6-10)9-16-2/h7-8,10,12,16H,5-6,9H2,1-4H3. The highest BCUT2D eigenvalue weighted by Gasteiger charge is 2.26. The first kappa shape index (κ1) is 13.2. The molecular weight excluding hydrogens is 226 g/mol. The molecule has 2 atom stereocenters. The zero-order valence-corrected chi connectivity index (χ0v) is 11.7. The van der Waals surface area contributed by atoms with Gasteiger partial charge in [-0.05, 0) is 55.0 Å². The number of nitrogens with one attached hydrogen (secondary N) is 1. The van der Waals surface area contributed by atoms with Gasteiger partial charge in [0.15, 0.2) is 11.5 Å². The quantitative estimate of drug-likeness (QED) is 0.889. The van der Waals surface area contributed by atoms with Crippen molar-refractivity contribution in [3.05, 3.63) is 23.3 Å². The molecule has 18 heavy (non-hydrogen) atoms. The summed E-state index contributed by atoms with van der Waals surface area (Å²) in [5.74, 6) is 2.99. The number of benzene rings is 1.